The Labute approximate surface area is 118 Å². The topological polar surface area (TPSA) is 33.4 Å². The molecule has 1 atom stereocenters. The average Bonchev–Trinajstić information content (AvgIpc) is 2.84. The van der Waals surface area contributed by atoms with E-state index in [0.29, 0.717) is 17.2 Å². The van der Waals surface area contributed by atoms with Crippen LogP contribution in [0.25, 0.3) is 5.65 Å². The first-order chi connectivity index (χ1) is 9.16. The molecule has 0 N–H and O–H groups in total. The zero-order valence-electron chi connectivity index (χ0n) is 11.4. The van der Waals surface area contributed by atoms with Gasteiger partial charge < -0.3 is 0 Å². The molecule has 1 aliphatic heterocycles. The fourth-order valence-electron chi connectivity index (χ4n) is 2.88. The zero-order valence-corrected chi connectivity index (χ0v) is 12.1. The molecule has 2 aromatic heterocycles. The van der Waals surface area contributed by atoms with Gasteiger partial charge in [0.1, 0.15) is 5.15 Å². The van der Waals surface area contributed by atoms with E-state index in [1.807, 2.05) is 18.2 Å². The maximum Gasteiger partial charge on any atom is 0.168 e. The van der Waals surface area contributed by atoms with Gasteiger partial charge in [0.2, 0.25) is 0 Å². The fraction of sp³-hybridized carbons (Fsp3) is 0.571. The minimum atomic E-state index is 0.324. The third-order valence-corrected chi connectivity index (χ3v) is 4.12. The third-order valence-electron chi connectivity index (χ3n) is 3.84. The van der Waals surface area contributed by atoms with E-state index in [2.05, 4.69) is 28.8 Å². The first-order valence-corrected chi connectivity index (χ1v) is 7.31. The van der Waals surface area contributed by atoms with E-state index in [0.717, 1.165) is 24.4 Å². The molecule has 4 nitrogen and oxygen atoms in total. The third kappa shape index (κ3) is 2.35. The van der Waals surface area contributed by atoms with Crippen molar-refractivity contribution in [3.05, 3.63) is 29.2 Å². The van der Waals surface area contributed by atoms with Gasteiger partial charge in [-0.05, 0) is 45.4 Å². The minimum absolute atomic E-state index is 0.324. The van der Waals surface area contributed by atoms with Gasteiger partial charge in [-0.1, -0.05) is 24.1 Å². The summed E-state index contributed by atoms with van der Waals surface area (Å²) >= 11 is 6.16. The second kappa shape index (κ2) is 5.10. The molecule has 0 saturated carbocycles. The predicted molar refractivity (Wildman–Crippen MR) is 76.4 cm³/mol. The molecule has 1 unspecified atom stereocenters. The van der Waals surface area contributed by atoms with Gasteiger partial charge >= 0.3 is 0 Å². The summed E-state index contributed by atoms with van der Waals surface area (Å²) in [6.07, 6.45) is 3.65. The van der Waals surface area contributed by atoms with Crippen molar-refractivity contribution < 1.29 is 0 Å². The molecule has 0 bridgehead atoms. The van der Waals surface area contributed by atoms with E-state index in [4.69, 9.17) is 11.6 Å². The summed E-state index contributed by atoms with van der Waals surface area (Å²) in [6.45, 7) is 5.60. The quantitative estimate of drug-likeness (QED) is 0.790. The highest BCUT2D eigenvalue weighted by Crippen LogP contribution is 2.31. The second-order valence-electron chi connectivity index (χ2n) is 5.43. The van der Waals surface area contributed by atoms with E-state index in [1.54, 1.807) is 4.52 Å². The molecule has 0 amide bonds. The first-order valence-electron chi connectivity index (χ1n) is 6.94. The van der Waals surface area contributed by atoms with Crippen molar-refractivity contribution in [2.75, 3.05) is 6.54 Å². The van der Waals surface area contributed by atoms with Crippen molar-refractivity contribution in [1.82, 2.24) is 19.5 Å². The number of rotatable bonds is 2. The number of pyridine rings is 1. The van der Waals surface area contributed by atoms with Crippen LogP contribution in [0.2, 0.25) is 5.15 Å². The molecule has 3 rings (SSSR count). The van der Waals surface area contributed by atoms with Crippen LogP contribution in [-0.4, -0.2) is 32.1 Å². The van der Waals surface area contributed by atoms with Crippen LogP contribution in [0.15, 0.2) is 18.2 Å². The van der Waals surface area contributed by atoms with E-state index >= 15 is 0 Å². The number of likely N-dealkylation sites (tertiary alicyclic amines) is 1. The van der Waals surface area contributed by atoms with Crippen LogP contribution in [0.4, 0.5) is 0 Å². The molecule has 102 valence electrons. The Kier molecular flexibility index (Phi) is 3.46. The molecular weight excluding hydrogens is 260 g/mol. The highest BCUT2D eigenvalue weighted by molar-refractivity contribution is 6.29. The predicted octanol–water partition coefficient (Wildman–Crippen LogP) is 3.32. The van der Waals surface area contributed by atoms with Gasteiger partial charge in [-0.15, -0.1) is 5.10 Å². The van der Waals surface area contributed by atoms with Crippen molar-refractivity contribution in [1.29, 1.82) is 0 Å². The lowest BCUT2D eigenvalue weighted by molar-refractivity contribution is 0.106. The number of aromatic nitrogens is 3. The summed E-state index contributed by atoms with van der Waals surface area (Å²) in [5.41, 5.74) is 0.830. The molecule has 0 aliphatic carbocycles. The van der Waals surface area contributed by atoms with E-state index in [9.17, 15) is 0 Å². The smallest absolute Gasteiger partial charge is 0.168 e. The highest BCUT2D eigenvalue weighted by Gasteiger charge is 2.29. The number of fused-ring (bicyclic) bond motifs is 1. The Morgan fingerprint density at radius 2 is 2.16 bits per heavy atom. The fourth-order valence-corrected chi connectivity index (χ4v) is 3.08. The lowest BCUT2D eigenvalue weighted by atomic mass is 10.00. The molecule has 1 aliphatic rings. The normalized spacial score (nSPS) is 21.4. The number of hydrogen-bond donors (Lipinski definition) is 0. The van der Waals surface area contributed by atoms with Crippen LogP contribution >= 0.6 is 11.6 Å². The van der Waals surface area contributed by atoms with E-state index < -0.39 is 0 Å². The van der Waals surface area contributed by atoms with Crippen LogP contribution in [0, 0.1) is 0 Å². The summed E-state index contributed by atoms with van der Waals surface area (Å²) in [5, 5.41) is 5.21. The summed E-state index contributed by atoms with van der Waals surface area (Å²) in [7, 11) is 0. The van der Waals surface area contributed by atoms with Gasteiger partial charge in [0.15, 0.2) is 11.5 Å². The highest BCUT2D eigenvalue weighted by atomic mass is 35.5. The van der Waals surface area contributed by atoms with Crippen LogP contribution in [0.1, 0.15) is 45.0 Å². The molecule has 2 aromatic rings. The number of halogens is 1. The van der Waals surface area contributed by atoms with Crippen molar-refractivity contribution >= 4 is 17.2 Å². The molecule has 3 heterocycles. The summed E-state index contributed by atoms with van der Waals surface area (Å²) in [6, 6.07) is 6.55. The molecule has 0 aromatic carbocycles. The van der Waals surface area contributed by atoms with E-state index in [-0.39, 0.29) is 0 Å². The Morgan fingerprint density at radius 3 is 2.89 bits per heavy atom. The van der Waals surface area contributed by atoms with Crippen molar-refractivity contribution in [3.8, 4) is 0 Å². The molecule has 0 spiro atoms. The maximum absolute atomic E-state index is 6.16. The average molecular weight is 279 g/mol. The van der Waals surface area contributed by atoms with E-state index in [1.165, 1.54) is 12.8 Å². The number of hydrogen-bond acceptors (Lipinski definition) is 3. The SMILES string of the molecule is CC(C)N1CCCCC1c1nc2cccc(Cl)n2n1. The standard InChI is InChI=1S/C14H19ClN4/c1-10(2)18-9-4-3-6-11(18)14-16-13-8-5-7-12(15)19(13)17-14/h5,7-8,10-11H,3-4,6,9H2,1-2H3. The second-order valence-corrected chi connectivity index (χ2v) is 5.82. The van der Waals surface area contributed by atoms with Gasteiger partial charge in [-0.2, -0.15) is 0 Å². The van der Waals surface area contributed by atoms with Crippen LogP contribution in [-0.2, 0) is 0 Å². The van der Waals surface area contributed by atoms with Crippen molar-refractivity contribution in [3.63, 3.8) is 0 Å². The molecule has 1 saturated heterocycles. The van der Waals surface area contributed by atoms with Gasteiger partial charge in [-0.3, -0.25) is 4.90 Å². The Morgan fingerprint density at radius 1 is 1.32 bits per heavy atom. The summed E-state index contributed by atoms with van der Waals surface area (Å²) < 4.78 is 1.73. The van der Waals surface area contributed by atoms with Crippen LogP contribution < -0.4 is 0 Å². The molecule has 19 heavy (non-hydrogen) atoms. The van der Waals surface area contributed by atoms with Gasteiger partial charge in [-0.25, -0.2) is 9.50 Å². The Balaban J connectivity index is 2.00. The lowest BCUT2D eigenvalue weighted by Gasteiger charge is -2.36. The maximum atomic E-state index is 6.16. The molecule has 1 fully saturated rings. The number of piperidine rings is 1. The summed E-state index contributed by atoms with van der Waals surface area (Å²) in [5.74, 6) is 0.904. The largest absolute Gasteiger partial charge is 0.291 e. The zero-order chi connectivity index (χ0) is 13.4. The molecule has 0 radical (unpaired) electrons. The van der Waals surface area contributed by atoms with Crippen LogP contribution in [0.3, 0.4) is 0 Å². The van der Waals surface area contributed by atoms with Gasteiger partial charge in [0.05, 0.1) is 6.04 Å². The van der Waals surface area contributed by atoms with Crippen LogP contribution in [0.5, 0.6) is 0 Å². The van der Waals surface area contributed by atoms with Gasteiger partial charge in [0, 0.05) is 6.04 Å². The Bertz CT molecular complexity index is 578. The monoisotopic (exact) mass is 278 g/mol. The first kappa shape index (κ1) is 12.9. The lowest BCUT2D eigenvalue weighted by Crippen LogP contribution is -2.39. The van der Waals surface area contributed by atoms with Gasteiger partial charge in [0.25, 0.3) is 0 Å². The molecule has 5 heteroatoms. The Hall–Kier alpha value is -1.13. The molecular formula is C14H19ClN4. The van der Waals surface area contributed by atoms with Crippen molar-refractivity contribution in [2.24, 2.45) is 0 Å². The minimum Gasteiger partial charge on any atom is -0.291 e. The summed E-state index contributed by atoms with van der Waals surface area (Å²) in [4.78, 5) is 7.15. The number of nitrogens with zero attached hydrogens (tertiary/aromatic N) is 4. The van der Waals surface area contributed by atoms with Crippen molar-refractivity contribution in [2.45, 2.75) is 45.2 Å².